The third kappa shape index (κ3) is 3.70. The van der Waals surface area contributed by atoms with Crippen molar-refractivity contribution < 1.29 is 4.74 Å². The number of likely N-dealkylation sites (tertiary alicyclic amines) is 1. The summed E-state index contributed by atoms with van der Waals surface area (Å²) in [6, 6.07) is 3.51. The number of amidine groups is 1. The van der Waals surface area contributed by atoms with E-state index in [1.807, 2.05) is 0 Å². The molecule has 5 nitrogen and oxygen atoms in total. The van der Waals surface area contributed by atoms with Gasteiger partial charge in [-0.2, -0.15) is 0 Å². The van der Waals surface area contributed by atoms with Crippen molar-refractivity contribution in [2.45, 2.75) is 19.3 Å². The summed E-state index contributed by atoms with van der Waals surface area (Å²) < 4.78 is 5.58. The molecule has 0 atom stereocenters. The summed E-state index contributed by atoms with van der Waals surface area (Å²) in [5.41, 5.74) is 5.98. The molecular weight excluding hydrogens is 228 g/mol. The summed E-state index contributed by atoms with van der Waals surface area (Å²) in [6.07, 6.45) is 5.51. The third-order valence-electron chi connectivity index (χ3n) is 3.15. The van der Waals surface area contributed by atoms with Crippen LogP contribution in [0.15, 0.2) is 18.3 Å². The van der Waals surface area contributed by atoms with Crippen LogP contribution in [0.1, 0.15) is 24.8 Å². The molecule has 2 rings (SSSR count). The second-order valence-electron chi connectivity index (χ2n) is 4.55. The van der Waals surface area contributed by atoms with E-state index in [1.165, 1.54) is 32.4 Å². The van der Waals surface area contributed by atoms with Crippen LogP contribution in [-0.2, 0) is 0 Å². The van der Waals surface area contributed by atoms with Crippen molar-refractivity contribution in [1.82, 2.24) is 9.88 Å². The molecule has 0 aromatic carbocycles. The zero-order valence-corrected chi connectivity index (χ0v) is 10.6. The first kappa shape index (κ1) is 12.8. The quantitative estimate of drug-likeness (QED) is 0.607. The Bertz CT molecular complexity index is 384. The summed E-state index contributed by atoms with van der Waals surface area (Å²) in [5.74, 6) is 0.624. The normalized spacial score (nSPS) is 16.4. The van der Waals surface area contributed by atoms with Gasteiger partial charge in [0.25, 0.3) is 0 Å². The molecule has 0 amide bonds. The SMILES string of the molecule is N=C(N)c1ccc(OCCN2CCCCC2)nc1. The van der Waals surface area contributed by atoms with E-state index in [1.54, 1.807) is 18.3 Å². The third-order valence-corrected chi connectivity index (χ3v) is 3.15. The molecule has 5 heteroatoms. The Hall–Kier alpha value is -1.62. The minimum atomic E-state index is 0.0300. The average Bonchev–Trinajstić information content (AvgIpc) is 2.40. The van der Waals surface area contributed by atoms with Gasteiger partial charge in [-0.1, -0.05) is 6.42 Å². The molecule has 0 unspecified atom stereocenters. The molecule has 0 radical (unpaired) electrons. The van der Waals surface area contributed by atoms with Crippen molar-refractivity contribution in [2.75, 3.05) is 26.2 Å². The first-order chi connectivity index (χ1) is 8.75. The van der Waals surface area contributed by atoms with Crippen LogP contribution in [0.3, 0.4) is 0 Å². The van der Waals surface area contributed by atoms with E-state index in [4.69, 9.17) is 15.9 Å². The van der Waals surface area contributed by atoms with Crippen LogP contribution in [0.25, 0.3) is 0 Å². The zero-order valence-electron chi connectivity index (χ0n) is 10.6. The molecule has 0 spiro atoms. The number of piperidine rings is 1. The fraction of sp³-hybridized carbons (Fsp3) is 0.538. The van der Waals surface area contributed by atoms with Crippen molar-refractivity contribution in [3.8, 4) is 5.88 Å². The Morgan fingerprint density at radius 1 is 1.33 bits per heavy atom. The highest BCUT2D eigenvalue weighted by Gasteiger charge is 2.09. The lowest BCUT2D eigenvalue weighted by Crippen LogP contribution is -2.33. The van der Waals surface area contributed by atoms with Crippen LogP contribution in [-0.4, -0.2) is 42.0 Å². The highest BCUT2D eigenvalue weighted by molar-refractivity contribution is 5.94. The lowest BCUT2D eigenvalue weighted by atomic mass is 10.1. The van der Waals surface area contributed by atoms with Crippen molar-refractivity contribution in [3.63, 3.8) is 0 Å². The molecular formula is C13H20N4O. The number of pyridine rings is 1. The number of nitrogens with one attached hydrogen (secondary N) is 1. The van der Waals surface area contributed by atoms with Gasteiger partial charge in [0.05, 0.1) is 0 Å². The molecule has 2 heterocycles. The number of aromatic nitrogens is 1. The van der Waals surface area contributed by atoms with E-state index in [9.17, 15) is 0 Å². The average molecular weight is 248 g/mol. The maximum atomic E-state index is 7.27. The Kier molecular flexibility index (Phi) is 4.52. The Morgan fingerprint density at radius 2 is 2.11 bits per heavy atom. The van der Waals surface area contributed by atoms with Crippen LogP contribution in [0.2, 0.25) is 0 Å². The minimum absolute atomic E-state index is 0.0300. The van der Waals surface area contributed by atoms with Crippen molar-refractivity contribution in [2.24, 2.45) is 5.73 Å². The molecule has 1 aromatic heterocycles. The predicted molar refractivity (Wildman–Crippen MR) is 71.0 cm³/mol. The molecule has 98 valence electrons. The number of rotatable bonds is 5. The summed E-state index contributed by atoms with van der Waals surface area (Å²) in [7, 11) is 0. The van der Waals surface area contributed by atoms with E-state index in [2.05, 4.69) is 9.88 Å². The topological polar surface area (TPSA) is 75.2 Å². The smallest absolute Gasteiger partial charge is 0.213 e. The van der Waals surface area contributed by atoms with E-state index < -0.39 is 0 Å². The molecule has 3 N–H and O–H groups in total. The first-order valence-corrected chi connectivity index (χ1v) is 6.41. The van der Waals surface area contributed by atoms with Crippen molar-refractivity contribution >= 4 is 5.84 Å². The standard InChI is InChI=1S/C13H20N4O/c14-13(15)11-4-5-12(16-10-11)18-9-8-17-6-2-1-3-7-17/h4-5,10H,1-3,6-9H2,(H3,14,15). The zero-order chi connectivity index (χ0) is 12.8. The fourth-order valence-corrected chi connectivity index (χ4v) is 2.09. The van der Waals surface area contributed by atoms with Gasteiger partial charge in [0.2, 0.25) is 5.88 Å². The molecule has 1 aliphatic heterocycles. The molecule has 0 aliphatic carbocycles. The van der Waals surface area contributed by atoms with Crippen LogP contribution in [0.4, 0.5) is 0 Å². The van der Waals surface area contributed by atoms with Gasteiger partial charge in [-0.3, -0.25) is 10.3 Å². The summed E-state index contributed by atoms with van der Waals surface area (Å²) >= 11 is 0. The van der Waals surface area contributed by atoms with Gasteiger partial charge in [0.15, 0.2) is 0 Å². The summed E-state index contributed by atoms with van der Waals surface area (Å²) in [6.45, 7) is 3.97. The lowest BCUT2D eigenvalue weighted by Gasteiger charge is -2.25. The summed E-state index contributed by atoms with van der Waals surface area (Å²) in [5, 5.41) is 7.27. The van der Waals surface area contributed by atoms with E-state index in [-0.39, 0.29) is 5.84 Å². The summed E-state index contributed by atoms with van der Waals surface area (Å²) in [4.78, 5) is 6.55. The van der Waals surface area contributed by atoms with Gasteiger partial charge in [0.1, 0.15) is 12.4 Å². The minimum Gasteiger partial charge on any atom is -0.476 e. The van der Waals surface area contributed by atoms with Gasteiger partial charge < -0.3 is 10.5 Å². The fourth-order valence-electron chi connectivity index (χ4n) is 2.09. The lowest BCUT2D eigenvalue weighted by molar-refractivity contribution is 0.180. The largest absolute Gasteiger partial charge is 0.476 e. The maximum Gasteiger partial charge on any atom is 0.213 e. The molecule has 1 saturated heterocycles. The maximum absolute atomic E-state index is 7.27. The monoisotopic (exact) mass is 248 g/mol. The Balaban J connectivity index is 1.74. The van der Waals surface area contributed by atoms with E-state index >= 15 is 0 Å². The van der Waals surface area contributed by atoms with Gasteiger partial charge in [-0.05, 0) is 32.0 Å². The molecule has 1 fully saturated rings. The number of hydrogen-bond acceptors (Lipinski definition) is 4. The second kappa shape index (κ2) is 6.35. The van der Waals surface area contributed by atoms with Gasteiger partial charge in [0, 0.05) is 24.4 Å². The molecule has 0 bridgehead atoms. The number of nitrogens with two attached hydrogens (primary N) is 1. The predicted octanol–water partition coefficient (Wildman–Crippen LogP) is 1.23. The number of hydrogen-bond donors (Lipinski definition) is 2. The Morgan fingerprint density at radius 3 is 2.72 bits per heavy atom. The van der Waals surface area contributed by atoms with Gasteiger partial charge in [-0.25, -0.2) is 4.98 Å². The van der Waals surface area contributed by atoms with Crippen LogP contribution in [0, 0.1) is 5.41 Å². The van der Waals surface area contributed by atoms with E-state index in [0.717, 1.165) is 6.54 Å². The second-order valence-corrected chi connectivity index (χ2v) is 4.55. The first-order valence-electron chi connectivity index (χ1n) is 6.41. The molecule has 1 aliphatic rings. The number of nitrogens with zero attached hydrogens (tertiary/aromatic N) is 2. The number of nitrogen functional groups attached to an aromatic ring is 1. The highest BCUT2D eigenvalue weighted by Crippen LogP contribution is 2.09. The van der Waals surface area contributed by atoms with Crippen LogP contribution < -0.4 is 10.5 Å². The van der Waals surface area contributed by atoms with Crippen LogP contribution in [0.5, 0.6) is 5.88 Å². The van der Waals surface area contributed by atoms with Crippen molar-refractivity contribution in [1.29, 1.82) is 5.41 Å². The highest BCUT2D eigenvalue weighted by atomic mass is 16.5. The number of ether oxygens (including phenoxy) is 1. The van der Waals surface area contributed by atoms with Crippen molar-refractivity contribution in [3.05, 3.63) is 23.9 Å². The van der Waals surface area contributed by atoms with Gasteiger partial charge in [-0.15, -0.1) is 0 Å². The van der Waals surface area contributed by atoms with E-state index in [0.29, 0.717) is 18.1 Å². The molecule has 0 saturated carbocycles. The molecule has 1 aromatic rings. The Labute approximate surface area is 107 Å². The molecule has 18 heavy (non-hydrogen) atoms. The van der Waals surface area contributed by atoms with Crippen LogP contribution >= 0.6 is 0 Å². The van der Waals surface area contributed by atoms with Gasteiger partial charge >= 0.3 is 0 Å².